The Hall–Kier alpha value is -3.15. The van der Waals surface area contributed by atoms with Gasteiger partial charge in [-0.3, -0.25) is 9.59 Å². The molecule has 6 heteroatoms. The van der Waals surface area contributed by atoms with E-state index in [9.17, 15) is 9.59 Å². The molecular weight excluding hydrogens is 364 g/mol. The fourth-order valence-corrected chi connectivity index (χ4v) is 3.71. The maximum atomic E-state index is 13.2. The third kappa shape index (κ3) is 3.75. The Balaban J connectivity index is 1.68. The third-order valence-electron chi connectivity index (χ3n) is 5.46. The van der Waals surface area contributed by atoms with E-state index in [1.165, 1.54) is 0 Å². The zero-order valence-electron chi connectivity index (χ0n) is 16.8. The molecule has 2 aromatic heterocycles. The van der Waals surface area contributed by atoms with E-state index in [0.29, 0.717) is 24.7 Å². The van der Waals surface area contributed by atoms with Crippen LogP contribution in [0.4, 0.5) is 0 Å². The molecule has 1 fully saturated rings. The number of rotatable bonds is 7. The number of imidazole rings is 1. The van der Waals surface area contributed by atoms with Gasteiger partial charge in [-0.25, -0.2) is 4.98 Å². The Kier molecular flexibility index (Phi) is 5.34. The summed E-state index contributed by atoms with van der Waals surface area (Å²) in [5.74, 6) is 0.904. The molecule has 4 rings (SSSR count). The van der Waals surface area contributed by atoms with E-state index in [0.717, 1.165) is 29.7 Å². The van der Waals surface area contributed by atoms with Crippen LogP contribution in [0.1, 0.15) is 60.5 Å². The van der Waals surface area contributed by atoms with E-state index >= 15 is 0 Å². The molecule has 3 aromatic rings. The highest BCUT2D eigenvalue weighted by Gasteiger charge is 2.32. The van der Waals surface area contributed by atoms with Crippen molar-refractivity contribution in [1.82, 2.24) is 19.6 Å². The molecule has 6 nitrogen and oxygen atoms in total. The van der Waals surface area contributed by atoms with Gasteiger partial charge in [-0.15, -0.1) is 0 Å². The lowest BCUT2D eigenvalue weighted by atomic mass is 10.1. The van der Waals surface area contributed by atoms with Crippen molar-refractivity contribution < 1.29 is 9.59 Å². The number of aromatic nitrogens is 2. The number of nitrogens with zero attached hydrogens (tertiary/aromatic N) is 3. The van der Waals surface area contributed by atoms with Crippen LogP contribution in [0, 0.1) is 0 Å². The number of carbonyl (C=O) groups is 2. The van der Waals surface area contributed by atoms with Crippen molar-refractivity contribution in [2.75, 3.05) is 13.1 Å². The van der Waals surface area contributed by atoms with E-state index in [-0.39, 0.29) is 11.8 Å². The minimum Gasteiger partial charge on any atom is -0.341 e. The van der Waals surface area contributed by atoms with Gasteiger partial charge in [-0.2, -0.15) is 0 Å². The Bertz CT molecular complexity index is 1020. The number of amides is 2. The highest BCUT2D eigenvalue weighted by atomic mass is 16.2. The van der Waals surface area contributed by atoms with Crippen molar-refractivity contribution in [2.45, 2.75) is 38.6 Å². The summed E-state index contributed by atoms with van der Waals surface area (Å²) < 4.78 is 2.00. The average Bonchev–Trinajstić information content (AvgIpc) is 3.53. The number of carbonyl (C=O) groups excluding carboxylic acids is 2. The first-order valence-corrected chi connectivity index (χ1v) is 10.3. The average molecular weight is 390 g/mol. The molecule has 0 bridgehead atoms. The minimum absolute atomic E-state index is 0.111. The first-order valence-electron chi connectivity index (χ1n) is 10.3. The molecule has 1 atom stereocenters. The predicted octanol–water partition coefficient (Wildman–Crippen LogP) is 3.55. The molecule has 0 aliphatic heterocycles. The van der Waals surface area contributed by atoms with Crippen molar-refractivity contribution >= 4 is 17.3 Å². The normalized spacial score (nSPS) is 14.6. The van der Waals surface area contributed by atoms with Gasteiger partial charge in [0.2, 0.25) is 5.91 Å². The topological polar surface area (TPSA) is 66.7 Å². The van der Waals surface area contributed by atoms with Crippen LogP contribution in [0.25, 0.3) is 5.52 Å². The number of hydrogen-bond acceptors (Lipinski definition) is 3. The van der Waals surface area contributed by atoms with Crippen LogP contribution in [-0.4, -0.2) is 39.2 Å². The largest absolute Gasteiger partial charge is 0.341 e. The summed E-state index contributed by atoms with van der Waals surface area (Å²) in [4.78, 5) is 32.8. The molecule has 29 heavy (non-hydrogen) atoms. The smallest absolute Gasteiger partial charge is 0.273 e. The summed E-state index contributed by atoms with van der Waals surface area (Å²) in [6.45, 7) is 5.06. The molecule has 1 aromatic carbocycles. The van der Waals surface area contributed by atoms with Crippen LogP contribution in [0.2, 0.25) is 0 Å². The maximum absolute atomic E-state index is 13.2. The quantitative estimate of drug-likeness (QED) is 0.671. The number of benzene rings is 1. The second-order valence-corrected chi connectivity index (χ2v) is 7.38. The monoisotopic (exact) mass is 390 g/mol. The molecule has 1 unspecified atom stereocenters. The maximum Gasteiger partial charge on any atom is 0.273 e. The summed E-state index contributed by atoms with van der Waals surface area (Å²) >= 11 is 0. The summed E-state index contributed by atoms with van der Waals surface area (Å²) in [5, 5.41) is 2.96. The Labute approximate surface area is 170 Å². The second kappa shape index (κ2) is 8.07. The van der Waals surface area contributed by atoms with Crippen molar-refractivity contribution in [2.24, 2.45) is 0 Å². The van der Waals surface area contributed by atoms with Crippen LogP contribution in [0.15, 0.2) is 54.7 Å². The van der Waals surface area contributed by atoms with E-state index in [4.69, 9.17) is 0 Å². The molecule has 1 saturated carbocycles. The van der Waals surface area contributed by atoms with Gasteiger partial charge in [0.15, 0.2) is 5.69 Å². The first kappa shape index (κ1) is 19.2. The SMILES string of the molecule is CCN(CC)C(=O)C(NC(=O)c1nc(C2CC2)n2ccccc12)c1ccccc1. The van der Waals surface area contributed by atoms with E-state index in [1.54, 1.807) is 4.90 Å². The van der Waals surface area contributed by atoms with Crippen molar-refractivity contribution in [3.63, 3.8) is 0 Å². The zero-order valence-corrected chi connectivity index (χ0v) is 16.8. The van der Waals surface area contributed by atoms with Gasteiger partial charge in [0.25, 0.3) is 5.91 Å². The van der Waals surface area contributed by atoms with E-state index in [1.807, 2.05) is 73.0 Å². The van der Waals surface area contributed by atoms with Gasteiger partial charge in [0.05, 0.1) is 5.52 Å². The summed E-state index contributed by atoms with van der Waals surface area (Å²) in [6, 6.07) is 14.4. The van der Waals surface area contributed by atoms with Crippen LogP contribution in [-0.2, 0) is 4.79 Å². The highest BCUT2D eigenvalue weighted by Crippen LogP contribution is 2.40. The molecule has 1 aliphatic carbocycles. The Morgan fingerprint density at radius 2 is 1.79 bits per heavy atom. The summed E-state index contributed by atoms with van der Waals surface area (Å²) in [6.07, 6.45) is 4.15. The third-order valence-corrected chi connectivity index (χ3v) is 5.46. The first-order chi connectivity index (χ1) is 14.1. The van der Waals surface area contributed by atoms with Crippen LogP contribution in [0.3, 0.4) is 0 Å². The van der Waals surface area contributed by atoms with Crippen LogP contribution < -0.4 is 5.32 Å². The summed E-state index contributed by atoms with van der Waals surface area (Å²) in [5.41, 5.74) is 1.92. The number of likely N-dealkylation sites (N-methyl/N-ethyl adjacent to an activating group) is 1. The Morgan fingerprint density at radius 1 is 1.10 bits per heavy atom. The lowest BCUT2D eigenvalue weighted by Gasteiger charge is -2.26. The van der Waals surface area contributed by atoms with E-state index < -0.39 is 6.04 Å². The van der Waals surface area contributed by atoms with Gasteiger partial charge in [-0.05, 0) is 44.4 Å². The number of nitrogens with one attached hydrogen (secondary N) is 1. The van der Waals surface area contributed by atoms with Gasteiger partial charge >= 0.3 is 0 Å². The minimum atomic E-state index is -0.742. The molecule has 2 amide bonds. The van der Waals surface area contributed by atoms with Gasteiger partial charge < -0.3 is 14.6 Å². The van der Waals surface area contributed by atoms with Gasteiger partial charge in [-0.1, -0.05) is 36.4 Å². The lowest BCUT2D eigenvalue weighted by Crippen LogP contribution is -2.43. The molecule has 150 valence electrons. The zero-order chi connectivity index (χ0) is 20.4. The highest BCUT2D eigenvalue weighted by molar-refractivity contribution is 6.01. The van der Waals surface area contributed by atoms with Crippen molar-refractivity contribution in [3.8, 4) is 0 Å². The molecule has 2 heterocycles. The Morgan fingerprint density at radius 3 is 2.45 bits per heavy atom. The molecule has 0 spiro atoms. The van der Waals surface area contributed by atoms with Crippen LogP contribution in [0.5, 0.6) is 0 Å². The van der Waals surface area contributed by atoms with Crippen molar-refractivity contribution in [1.29, 1.82) is 0 Å². The summed E-state index contributed by atoms with van der Waals surface area (Å²) in [7, 11) is 0. The molecule has 1 aliphatic rings. The number of pyridine rings is 1. The molecule has 0 saturated heterocycles. The van der Waals surface area contributed by atoms with Gasteiger partial charge in [0.1, 0.15) is 11.9 Å². The van der Waals surface area contributed by atoms with Crippen molar-refractivity contribution in [3.05, 3.63) is 71.8 Å². The fraction of sp³-hybridized carbons (Fsp3) is 0.348. The molecule has 0 radical (unpaired) electrons. The van der Waals surface area contributed by atoms with E-state index in [2.05, 4.69) is 10.3 Å². The lowest BCUT2D eigenvalue weighted by molar-refractivity contribution is -0.133. The standard InChI is InChI=1S/C23H26N4O2/c1-3-26(4-2)23(29)19(16-10-6-5-7-11-16)25-22(28)20-18-12-8-9-15-27(18)21(24-20)17-13-14-17/h5-12,15,17,19H,3-4,13-14H2,1-2H3,(H,25,28). The molecule has 1 N–H and O–H groups in total. The van der Waals surface area contributed by atoms with Gasteiger partial charge in [0, 0.05) is 25.2 Å². The second-order valence-electron chi connectivity index (χ2n) is 7.38. The molecular formula is C23H26N4O2. The predicted molar refractivity (Wildman–Crippen MR) is 112 cm³/mol. The fourth-order valence-electron chi connectivity index (χ4n) is 3.71. The number of fused-ring (bicyclic) bond motifs is 1. The number of hydrogen-bond donors (Lipinski definition) is 1. The van der Waals surface area contributed by atoms with Crippen LogP contribution >= 0.6 is 0 Å².